The minimum atomic E-state index is -0.0752. The van der Waals surface area contributed by atoms with E-state index in [1.807, 2.05) is 34.5 Å². The van der Waals surface area contributed by atoms with Crippen LogP contribution in [0.1, 0.15) is 62.8 Å². The Kier molecular flexibility index (Phi) is 8.93. The van der Waals surface area contributed by atoms with Crippen LogP contribution in [-0.4, -0.2) is 61.1 Å². The summed E-state index contributed by atoms with van der Waals surface area (Å²) in [4.78, 5) is 32.4. The van der Waals surface area contributed by atoms with Crippen LogP contribution in [0.3, 0.4) is 0 Å². The highest BCUT2D eigenvalue weighted by molar-refractivity contribution is 7.09. The Hall–Kier alpha value is -2.74. The number of hydrogen-bond donors (Lipinski definition) is 1. The van der Waals surface area contributed by atoms with Gasteiger partial charge in [-0.25, -0.2) is 4.79 Å². The molecule has 4 saturated carbocycles. The van der Waals surface area contributed by atoms with Gasteiger partial charge in [-0.3, -0.25) is 4.79 Å². The lowest BCUT2D eigenvalue weighted by Gasteiger charge is -2.57. The predicted octanol–water partition coefficient (Wildman–Crippen LogP) is 5.97. The minimum absolute atomic E-state index is 0.0183. The molecule has 4 aliphatic rings. The van der Waals surface area contributed by atoms with Gasteiger partial charge < -0.3 is 24.6 Å². The topological polar surface area (TPSA) is 71.1 Å². The summed E-state index contributed by atoms with van der Waals surface area (Å²) in [6.45, 7) is 5.96. The van der Waals surface area contributed by atoms with E-state index in [0.717, 1.165) is 47.5 Å². The summed E-state index contributed by atoms with van der Waals surface area (Å²) in [5.41, 5.74) is 0.994. The predicted molar refractivity (Wildman–Crippen MR) is 159 cm³/mol. The number of rotatable bonds is 12. The largest absolute Gasteiger partial charge is 0.493 e. The van der Waals surface area contributed by atoms with Crippen molar-refractivity contribution in [3.8, 4) is 11.5 Å². The van der Waals surface area contributed by atoms with E-state index >= 15 is 0 Å². The number of urea groups is 1. The van der Waals surface area contributed by atoms with Crippen molar-refractivity contribution in [2.75, 3.05) is 33.9 Å². The van der Waals surface area contributed by atoms with Gasteiger partial charge in [0.15, 0.2) is 11.5 Å². The van der Waals surface area contributed by atoms with Gasteiger partial charge in [0.05, 0.1) is 20.8 Å². The van der Waals surface area contributed by atoms with Crippen LogP contribution in [-0.2, 0) is 17.8 Å². The molecule has 8 heteroatoms. The summed E-state index contributed by atoms with van der Waals surface area (Å²) in [6.07, 6.45) is 7.99. The Morgan fingerprint density at radius 1 is 1.00 bits per heavy atom. The lowest BCUT2D eigenvalue weighted by atomic mass is 9.53. The number of methoxy groups -OCH3 is 2. The average molecular weight is 568 g/mol. The molecule has 2 aromatic rings. The fourth-order valence-electron chi connectivity index (χ4n) is 7.68. The highest BCUT2D eigenvalue weighted by atomic mass is 32.1. The van der Waals surface area contributed by atoms with Gasteiger partial charge in [0, 0.05) is 23.5 Å². The van der Waals surface area contributed by atoms with Gasteiger partial charge in [-0.1, -0.05) is 26.0 Å². The molecule has 4 aliphatic carbocycles. The van der Waals surface area contributed by atoms with E-state index in [4.69, 9.17) is 9.47 Å². The molecule has 40 heavy (non-hydrogen) atoms. The average Bonchev–Trinajstić information content (AvgIpc) is 3.42. The van der Waals surface area contributed by atoms with Crippen molar-refractivity contribution in [3.05, 3.63) is 46.2 Å². The first-order chi connectivity index (χ1) is 19.3. The van der Waals surface area contributed by atoms with Crippen molar-refractivity contribution in [2.45, 2.75) is 70.9 Å². The molecule has 3 amide bonds. The van der Waals surface area contributed by atoms with Gasteiger partial charge in [0.1, 0.15) is 6.54 Å². The Labute approximate surface area is 243 Å². The molecule has 1 heterocycles. The molecule has 1 N–H and O–H groups in total. The van der Waals surface area contributed by atoms with Crippen LogP contribution in [0.25, 0.3) is 0 Å². The van der Waals surface area contributed by atoms with Crippen molar-refractivity contribution in [2.24, 2.45) is 23.7 Å². The number of carbonyl (C=O) groups is 2. The third-order valence-corrected chi connectivity index (χ3v) is 9.87. The van der Waals surface area contributed by atoms with Crippen molar-refractivity contribution in [1.82, 2.24) is 15.1 Å². The molecular formula is C32H45N3O4S. The van der Waals surface area contributed by atoms with Gasteiger partial charge in [0.25, 0.3) is 0 Å². The molecule has 0 radical (unpaired) electrons. The van der Waals surface area contributed by atoms with Crippen LogP contribution < -0.4 is 14.8 Å². The van der Waals surface area contributed by atoms with Gasteiger partial charge in [-0.2, -0.15) is 0 Å². The molecule has 6 rings (SSSR count). The minimum Gasteiger partial charge on any atom is -0.493 e. The smallest absolute Gasteiger partial charge is 0.318 e. The fraction of sp³-hybridized carbons (Fsp3) is 0.625. The van der Waals surface area contributed by atoms with Crippen molar-refractivity contribution in [1.29, 1.82) is 0 Å². The van der Waals surface area contributed by atoms with Crippen LogP contribution in [0, 0.1) is 23.7 Å². The number of ether oxygens (including phenoxy) is 2. The number of nitrogens with one attached hydrogen (secondary N) is 1. The summed E-state index contributed by atoms with van der Waals surface area (Å²) in [7, 11) is 3.26. The van der Waals surface area contributed by atoms with Gasteiger partial charge in [-0.05, 0) is 97.8 Å². The van der Waals surface area contributed by atoms with Gasteiger partial charge in [0.2, 0.25) is 5.91 Å². The van der Waals surface area contributed by atoms with E-state index in [1.54, 1.807) is 30.5 Å². The zero-order valence-corrected chi connectivity index (χ0v) is 25.3. The number of thiophene rings is 1. The third kappa shape index (κ3) is 6.76. The summed E-state index contributed by atoms with van der Waals surface area (Å²) in [6, 6.07) is 9.89. The molecule has 4 fully saturated rings. The van der Waals surface area contributed by atoms with E-state index in [0.29, 0.717) is 37.6 Å². The zero-order valence-electron chi connectivity index (χ0n) is 24.5. The highest BCUT2D eigenvalue weighted by Crippen LogP contribution is 2.55. The normalized spacial score (nSPS) is 24.7. The Balaban J connectivity index is 1.28. The second-order valence-corrected chi connectivity index (χ2v) is 13.8. The number of nitrogens with zero attached hydrogens (tertiary/aromatic N) is 2. The van der Waals surface area contributed by atoms with Gasteiger partial charge >= 0.3 is 6.03 Å². The molecule has 4 bridgehead atoms. The Morgan fingerprint density at radius 2 is 1.68 bits per heavy atom. The van der Waals surface area contributed by atoms with Crippen LogP contribution in [0.2, 0.25) is 0 Å². The fourth-order valence-corrected chi connectivity index (χ4v) is 8.40. The number of carbonyl (C=O) groups excluding carboxylic acids is 2. The number of hydrogen-bond acceptors (Lipinski definition) is 5. The molecule has 0 aliphatic heterocycles. The molecule has 7 nitrogen and oxygen atoms in total. The summed E-state index contributed by atoms with van der Waals surface area (Å²) >= 11 is 1.65. The molecule has 1 aromatic heterocycles. The van der Waals surface area contributed by atoms with E-state index in [9.17, 15) is 9.59 Å². The highest BCUT2D eigenvalue weighted by Gasteiger charge is 2.51. The lowest BCUT2D eigenvalue weighted by Crippen LogP contribution is -2.62. The molecular weight excluding hydrogens is 522 g/mol. The van der Waals surface area contributed by atoms with E-state index in [1.165, 1.54) is 19.3 Å². The maximum absolute atomic E-state index is 13.8. The van der Waals surface area contributed by atoms with Crippen LogP contribution >= 0.6 is 11.3 Å². The molecule has 0 atom stereocenters. The maximum atomic E-state index is 13.8. The molecule has 0 saturated heterocycles. The van der Waals surface area contributed by atoms with Crippen LogP contribution in [0.15, 0.2) is 35.7 Å². The second-order valence-electron chi connectivity index (χ2n) is 12.7. The van der Waals surface area contributed by atoms with Crippen LogP contribution in [0.4, 0.5) is 4.79 Å². The van der Waals surface area contributed by atoms with Crippen molar-refractivity contribution >= 4 is 23.3 Å². The van der Waals surface area contributed by atoms with Crippen LogP contribution in [0.5, 0.6) is 11.5 Å². The van der Waals surface area contributed by atoms with E-state index < -0.39 is 0 Å². The number of amides is 3. The molecule has 0 spiro atoms. The van der Waals surface area contributed by atoms with Crippen molar-refractivity contribution < 1.29 is 19.1 Å². The molecule has 0 unspecified atom stereocenters. The SMILES string of the molecule is COc1ccc(CCN(Cc2cccs2)C(=O)CN(CC(C)C)C(=O)NC23CC4CC(CC(C4)C2)C3)cc1OC. The van der Waals surface area contributed by atoms with E-state index in [2.05, 4.69) is 25.2 Å². The lowest BCUT2D eigenvalue weighted by molar-refractivity contribution is -0.132. The molecule has 1 aromatic carbocycles. The first kappa shape index (κ1) is 28.8. The monoisotopic (exact) mass is 567 g/mol. The Bertz CT molecular complexity index is 1130. The van der Waals surface area contributed by atoms with E-state index in [-0.39, 0.29) is 29.9 Å². The quantitative estimate of drug-likeness (QED) is 0.343. The first-order valence-electron chi connectivity index (χ1n) is 14.8. The molecule has 218 valence electrons. The summed E-state index contributed by atoms with van der Waals surface area (Å²) in [5.74, 6) is 3.88. The summed E-state index contributed by atoms with van der Waals surface area (Å²) in [5, 5.41) is 5.53. The third-order valence-electron chi connectivity index (χ3n) is 9.01. The standard InChI is InChI=1S/C32H45N3O4S/c1-22(2)19-35(31(37)33-32-16-24-12-25(17-32)14-26(13-24)18-32)21-30(36)34(20-27-6-5-11-40-27)10-9-23-7-8-28(38-3)29(15-23)39-4/h5-8,11,15,22,24-26H,9-10,12-14,16-21H2,1-4H3,(H,33,37). The Morgan fingerprint density at radius 3 is 2.25 bits per heavy atom. The zero-order chi connectivity index (χ0) is 28.3. The number of benzene rings is 1. The summed E-state index contributed by atoms with van der Waals surface area (Å²) < 4.78 is 10.9. The van der Waals surface area contributed by atoms with Crippen molar-refractivity contribution in [3.63, 3.8) is 0 Å². The second kappa shape index (κ2) is 12.4. The first-order valence-corrected chi connectivity index (χ1v) is 15.7. The van der Waals surface area contributed by atoms with Gasteiger partial charge in [-0.15, -0.1) is 11.3 Å². The maximum Gasteiger partial charge on any atom is 0.318 e.